The molecule has 0 saturated heterocycles. The van der Waals surface area contributed by atoms with Crippen LogP contribution in [0.25, 0.3) is 0 Å². The molecule has 22 heavy (non-hydrogen) atoms. The first-order chi connectivity index (χ1) is 10.5. The number of aromatic nitrogens is 1. The van der Waals surface area contributed by atoms with E-state index >= 15 is 0 Å². The van der Waals surface area contributed by atoms with Crippen LogP contribution >= 0.6 is 0 Å². The summed E-state index contributed by atoms with van der Waals surface area (Å²) >= 11 is 0. The second-order valence-corrected chi connectivity index (χ2v) is 5.37. The van der Waals surface area contributed by atoms with Crippen LogP contribution in [-0.4, -0.2) is 24.0 Å². The Kier molecular flexibility index (Phi) is 4.99. The highest BCUT2D eigenvalue weighted by atomic mass is 16.1. The predicted molar refractivity (Wildman–Crippen MR) is 90.1 cm³/mol. The molecule has 116 valence electrons. The van der Waals surface area contributed by atoms with E-state index in [1.165, 1.54) is 5.56 Å². The van der Waals surface area contributed by atoms with Gasteiger partial charge in [0.1, 0.15) is 5.82 Å². The van der Waals surface area contributed by atoms with Crippen molar-refractivity contribution < 1.29 is 4.79 Å². The molecule has 5 heteroatoms. The molecule has 0 fully saturated rings. The van der Waals surface area contributed by atoms with Crippen LogP contribution in [0.5, 0.6) is 0 Å². The second kappa shape index (κ2) is 6.93. The van der Waals surface area contributed by atoms with Crippen molar-refractivity contribution in [3.8, 4) is 0 Å². The monoisotopic (exact) mass is 298 g/mol. The van der Waals surface area contributed by atoms with Gasteiger partial charge in [-0.1, -0.05) is 6.07 Å². The largest absolute Gasteiger partial charge is 0.396 e. The highest BCUT2D eigenvalue weighted by molar-refractivity contribution is 5.94. The lowest BCUT2D eigenvalue weighted by Crippen LogP contribution is -2.29. The number of nitrogen functional groups attached to an aromatic ring is 1. The number of nitrogens with two attached hydrogens (primary N) is 1. The molecule has 4 N–H and O–H groups in total. The number of hydrogen-bond donors (Lipinski definition) is 3. The fourth-order valence-electron chi connectivity index (χ4n) is 2.05. The Morgan fingerprint density at radius 2 is 1.86 bits per heavy atom. The minimum Gasteiger partial charge on any atom is -0.396 e. The molecule has 1 amide bonds. The lowest BCUT2D eigenvalue weighted by Gasteiger charge is -2.10. The lowest BCUT2D eigenvalue weighted by atomic mass is 10.1. The Morgan fingerprint density at radius 1 is 1.09 bits per heavy atom. The van der Waals surface area contributed by atoms with Crippen LogP contribution in [0.2, 0.25) is 0 Å². The summed E-state index contributed by atoms with van der Waals surface area (Å²) < 4.78 is 0. The number of hydrogen-bond acceptors (Lipinski definition) is 4. The number of nitrogens with one attached hydrogen (secondary N) is 2. The van der Waals surface area contributed by atoms with Crippen molar-refractivity contribution >= 4 is 17.4 Å². The van der Waals surface area contributed by atoms with Gasteiger partial charge in [-0.25, -0.2) is 4.98 Å². The Balaban J connectivity index is 1.84. The van der Waals surface area contributed by atoms with Crippen molar-refractivity contribution in [2.45, 2.75) is 20.8 Å². The van der Waals surface area contributed by atoms with Gasteiger partial charge in [0.25, 0.3) is 5.91 Å². The molecule has 2 aromatic rings. The van der Waals surface area contributed by atoms with Crippen LogP contribution in [0.1, 0.15) is 27.2 Å². The fourth-order valence-corrected chi connectivity index (χ4v) is 2.05. The third-order valence-electron chi connectivity index (χ3n) is 3.54. The SMILES string of the molecule is Cc1ccc(N)c(NCCNC(=O)c2ccc(C)c(C)c2)n1. The lowest BCUT2D eigenvalue weighted by molar-refractivity contribution is 0.0955. The fraction of sp³-hybridized carbons (Fsp3) is 0.294. The quantitative estimate of drug-likeness (QED) is 0.741. The van der Waals surface area contributed by atoms with Crippen LogP contribution in [0, 0.1) is 20.8 Å². The number of pyridine rings is 1. The molecule has 5 nitrogen and oxygen atoms in total. The van der Waals surface area contributed by atoms with Gasteiger partial charge in [0.2, 0.25) is 0 Å². The minimum atomic E-state index is -0.0740. The first kappa shape index (κ1) is 15.8. The van der Waals surface area contributed by atoms with Crippen LogP contribution in [0.15, 0.2) is 30.3 Å². The van der Waals surface area contributed by atoms with E-state index in [0.29, 0.717) is 30.2 Å². The van der Waals surface area contributed by atoms with Gasteiger partial charge in [0.05, 0.1) is 5.69 Å². The van der Waals surface area contributed by atoms with Crippen molar-refractivity contribution in [1.82, 2.24) is 10.3 Å². The van der Waals surface area contributed by atoms with E-state index in [9.17, 15) is 4.79 Å². The summed E-state index contributed by atoms with van der Waals surface area (Å²) in [6, 6.07) is 9.38. The van der Waals surface area contributed by atoms with E-state index in [2.05, 4.69) is 15.6 Å². The number of aryl methyl sites for hydroxylation is 3. The molecule has 0 bridgehead atoms. The number of nitrogens with zero attached hydrogens (tertiary/aromatic N) is 1. The van der Waals surface area contributed by atoms with Gasteiger partial charge in [-0.3, -0.25) is 4.79 Å². The summed E-state index contributed by atoms with van der Waals surface area (Å²) in [7, 11) is 0. The van der Waals surface area contributed by atoms with Gasteiger partial charge in [0.15, 0.2) is 0 Å². The summed E-state index contributed by atoms with van der Waals surface area (Å²) in [5.74, 6) is 0.579. The predicted octanol–water partition coefficient (Wildman–Crippen LogP) is 2.43. The van der Waals surface area contributed by atoms with Crippen molar-refractivity contribution in [1.29, 1.82) is 0 Å². The number of rotatable bonds is 5. The third-order valence-corrected chi connectivity index (χ3v) is 3.54. The first-order valence-corrected chi connectivity index (χ1v) is 7.30. The Morgan fingerprint density at radius 3 is 2.59 bits per heavy atom. The molecule has 0 spiro atoms. The van der Waals surface area contributed by atoms with Crippen molar-refractivity contribution in [3.63, 3.8) is 0 Å². The molecule has 0 aliphatic heterocycles. The van der Waals surface area contributed by atoms with Crippen molar-refractivity contribution in [3.05, 3.63) is 52.7 Å². The highest BCUT2D eigenvalue weighted by Crippen LogP contribution is 2.14. The van der Waals surface area contributed by atoms with Crippen molar-refractivity contribution in [2.24, 2.45) is 0 Å². The smallest absolute Gasteiger partial charge is 0.251 e. The topological polar surface area (TPSA) is 80.0 Å². The van der Waals surface area contributed by atoms with Gasteiger partial charge in [-0.2, -0.15) is 0 Å². The summed E-state index contributed by atoms with van der Waals surface area (Å²) in [6.45, 7) is 7.00. The van der Waals surface area contributed by atoms with E-state index in [4.69, 9.17) is 5.73 Å². The summed E-state index contributed by atoms with van der Waals surface area (Å²) in [4.78, 5) is 16.4. The Hall–Kier alpha value is -2.56. The molecular weight excluding hydrogens is 276 g/mol. The van der Waals surface area contributed by atoms with Gasteiger partial charge in [0, 0.05) is 24.3 Å². The van der Waals surface area contributed by atoms with Gasteiger partial charge in [-0.05, 0) is 56.2 Å². The molecule has 1 aromatic carbocycles. The standard InChI is InChI=1S/C17H22N4O/c1-11-4-6-14(10-12(11)2)17(22)20-9-8-19-16-15(18)7-5-13(3)21-16/h4-7,10H,8-9,18H2,1-3H3,(H,19,21)(H,20,22). The third kappa shape index (κ3) is 3.97. The molecule has 0 saturated carbocycles. The number of anilines is 2. The van der Waals surface area contributed by atoms with E-state index in [1.807, 2.05) is 51.1 Å². The van der Waals surface area contributed by atoms with E-state index < -0.39 is 0 Å². The number of carbonyl (C=O) groups excluding carboxylic acids is 1. The summed E-state index contributed by atoms with van der Waals surface area (Å²) in [5, 5.41) is 6.01. The number of carbonyl (C=O) groups is 1. The average molecular weight is 298 g/mol. The zero-order chi connectivity index (χ0) is 16.1. The van der Waals surface area contributed by atoms with Gasteiger partial charge >= 0.3 is 0 Å². The highest BCUT2D eigenvalue weighted by Gasteiger charge is 2.06. The molecular formula is C17H22N4O. The normalized spacial score (nSPS) is 10.3. The van der Waals surface area contributed by atoms with Crippen LogP contribution < -0.4 is 16.4 Å². The maximum Gasteiger partial charge on any atom is 0.251 e. The van der Waals surface area contributed by atoms with E-state index in [1.54, 1.807) is 0 Å². The molecule has 2 rings (SSSR count). The van der Waals surface area contributed by atoms with Crippen LogP contribution in [0.3, 0.4) is 0 Å². The van der Waals surface area contributed by atoms with E-state index in [0.717, 1.165) is 11.3 Å². The molecule has 0 unspecified atom stereocenters. The second-order valence-electron chi connectivity index (χ2n) is 5.37. The number of benzene rings is 1. The minimum absolute atomic E-state index is 0.0740. The Bertz CT molecular complexity index is 682. The maximum atomic E-state index is 12.1. The molecule has 0 aliphatic carbocycles. The molecule has 1 heterocycles. The molecule has 0 aliphatic rings. The first-order valence-electron chi connectivity index (χ1n) is 7.30. The zero-order valence-electron chi connectivity index (χ0n) is 13.2. The molecule has 0 radical (unpaired) electrons. The molecule has 0 atom stereocenters. The van der Waals surface area contributed by atoms with Crippen LogP contribution in [-0.2, 0) is 0 Å². The number of amides is 1. The summed E-state index contributed by atoms with van der Waals surface area (Å²) in [5.41, 5.74) is 10.3. The average Bonchev–Trinajstić information content (AvgIpc) is 2.49. The maximum absolute atomic E-state index is 12.1. The van der Waals surface area contributed by atoms with Gasteiger partial charge < -0.3 is 16.4 Å². The summed E-state index contributed by atoms with van der Waals surface area (Å²) in [6.07, 6.45) is 0. The molecule has 1 aromatic heterocycles. The van der Waals surface area contributed by atoms with Crippen LogP contribution in [0.4, 0.5) is 11.5 Å². The van der Waals surface area contributed by atoms with Crippen molar-refractivity contribution in [2.75, 3.05) is 24.1 Å². The van der Waals surface area contributed by atoms with Gasteiger partial charge in [-0.15, -0.1) is 0 Å². The zero-order valence-corrected chi connectivity index (χ0v) is 13.2. The Labute approximate surface area is 130 Å². The van der Waals surface area contributed by atoms with E-state index in [-0.39, 0.29) is 5.91 Å².